The van der Waals surface area contributed by atoms with E-state index >= 15 is 0 Å². The molecule has 3 N–H and O–H groups in total. The zero-order valence-electron chi connectivity index (χ0n) is 14.3. The van der Waals surface area contributed by atoms with Gasteiger partial charge in [-0.15, -0.1) is 0 Å². The lowest BCUT2D eigenvalue weighted by Crippen LogP contribution is -2.46. The summed E-state index contributed by atoms with van der Waals surface area (Å²) in [5.41, 5.74) is -0.477. The highest BCUT2D eigenvalue weighted by Gasteiger charge is 2.47. The first-order chi connectivity index (χ1) is 11.9. The molecule has 1 aromatic rings. The Morgan fingerprint density at radius 3 is 2.52 bits per heavy atom. The first kappa shape index (κ1) is 18.4. The summed E-state index contributed by atoms with van der Waals surface area (Å²) in [6, 6.07) is 7.26. The molecule has 1 saturated heterocycles. The number of rotatable bonds is 6. The Morgan fingerprint density at radius 1 is 1.20 bits per heavy atom. The van der Waals surface area contributed by atoms with Gasteiger partial charge in [-0.3, -0.25) is 19.8 Å². The number of imide groups is 2. The molecular weight excluding hydrogens is 324 g/mol. The standard InChI is InChI=1S/C17H22N4O4/c1-3-4-10-17(2)14(23)21(16(25)20-17)11-13(22)19-15(24)18-12-8-6-5-7-9-12/h5-9H,3-4,10-11H2,1-2H3,(H,20,25)(H2,18,19,22,24)/t17-/m0/s1. The fourth-order valence-electron chi connectivity index (χ4n) is 2.58. The Balaban J connectivity index is 1.90. The molecule has 0 saturated carbocycles. The molecular formula is C17H22N4O4. The second kappa shape index (κ2) is 7.78. The van der Waals surface area contributed by atoms with E-state index in [9.17, 15) is 19.2 Å². The smallest absolute Gasteiger partial charge is 0.323 e. The first-order valence-electron chi connectivity index (χ1n) is 8.15. The van der Waals surface area contributed by atoms with E-state index in [4.69, 9.17) is 0 Å². The SMILES string of the molecule is CCCC[C@]1(C)NC(=O)N(CC(=O)NC(=O)Nc2ccccc2)C1=O. The molecule has 0 unspecified atom stereocenters. The van der Waals surface area contributed by atoms with Gasteiger partial charge in [0.05, 0.1) is 0 Å². The van der Waals surface area contributed by atoms with Crippen molar-refractivity contribution >= 4 is 29.6 Å². The highest BCUT2D eigenvalue weighted by Crippen LogP contribution is 2.23. The third-order valence-corrected chi connectivity index (χ3v) is 3.96. The van der Waals surface area contributed by atoms with Gasteiger partial charge in [0.25, 0.3) is 5.91 Å². The Hall–Kier alpha value is -2.90. The number of nitrogens with one attached hydrogen (secondary N) is 3. The Bertz CT molecular complexity index is 676. The number of carbonyl (C=O) groups excluding carboxylic acids is 4. The molecule has 1 heterocycles. The lowest BCUT2D eigenvalue weighted by molar-refractivity contribution is -0.134. The summed E-state index contributed by atoms with van der Waals surface area (Å²) in [6.07, 6.45) is 2.17. The van der Waals surface area contributed by atoms with Gasteiger partial charge in [-0.1, -0.05) is 38.0 Å². The number of unbranched alkanes of at least 4 members (excludes halogenated alkanes) is 1. The molecule has 0 aromatic heterocycles. The highest BCUT2D eigenvalue weighted by molar-refractivity contribution is 6.10. The van der Waals surface area contributed by atoms with Crippen LogP contribution in [0.25, 0.3) is 0 Å². The van der Waals surface area contributed by atoms with E-state index in [0.717, 1.165) is 17.7 Å². The molecule has 0 bridgehead atoms. The number of carbonyl (C=O) groups is 4. The Morgan fingerprint density at radius 2 is 1.88 bits per heavy atom. The van der Waals surface area contributed by atoms with Crippen LogP contribution in [0.3, 0.4) is 0 Å². The van der Waals surface area contributed by atoms with Crippen molar-refractivity contribution < 1.29 is 19.2 Å². The first-order valence-corrected chi connectivity index (χ1v) is 8.15. The molecule has 0 spiro atoms. The molecule has 0 radical (unpaired) electrons. The van der Waals surface area contributed by atoms with Crippen molar-refractivity contribution in [3.8, 4) is 0 Å². The number of urea groups is 2. The predicted molar refractivity (Wildman–Crippen MR) is 91.8 cm³/mol. The van der Waals surface area contributed by atoms with Gasteiger partial charge in [-0.25, -0.2) is 9.59 Å². The van der Waals surface area contributed by atoms with E-state index in [-0.39, 0.29) is 0 Å². The van der Waals surface area contributed by atoms with Crippen molar-refractivity contribution in [3.05, 3.63) is 30.3 Å². The monoisotopic (exact) mass is 346 g/mol. The third kappa shape index (κ3) is 4.56. The van der Waals surface area contributed by atoms with Gasteiger partial charge in [-0.05, 0) is 25.5 Å². The lowest BCUT2D eigenvalue weighted by Gasteiger charge is -2.21. The van der Waals surface area contributed by atoms with Crippen LogP contribution in [-0.4, -0.2) is 40.9 Å². The summed E-state index contributed by atoms with van der Waals surface area (Å²) in [7, 11) is 0. The van der Waals surface area contributed by atoms with Gasteiger partial charge in [0.2, 0.25) is 5.91 Å². The van der Waals surface area contributed by atoms with Crippen molar-refractivity contribution in [1.82, 2.24) is 15.5 Å². The Labute approximate surface area is 145 Å². The topological polar surface area (TPSA) is 108 Å². The fraction of sp³-hybridized carbons (Fsp3) is 0.412. The van der Waals surface area contributed by atoms with Gasteiger partial charge in [-0.2, -0.15) is 0 Å². The second-order valence-corrected chi connectivity index (χ2v) is 6.13. The zero-order valence-corrected chi connectivity index (χ0v) is 14.3. The minimum absolute atomic E-state index is 0.454. The molecule has 6 amide bonds. The number of nitrogens with zero attached hydrogens (tertiary/aromatic N) is 1. The lowest BCUT2D eigenvalue weighted by atomic mass is 9.95. The number of hydrogen-bond acceptors (Lipinski definition) is 4. The number of benzene rings is 1. The van der Waals surface area contributed by atoms with Crippen LogP contribution < -0.4 is 16.0 Å². The average molecular weight is 346 g/mol. The van der Waals surface area contributed by atoms with E-state index in [2.05, 4.69) is 16.0 Å². The Kier molecular flexibility index (Phi) is 5.74. The van der Waals surface area contributed by atoms with E-state index in [1.54, 1.807) is 37.3 Å². The van der Waals surface area contributed by atoms with Crippen molar-refractivity contribution in [2.24, 2.45) is 0 Å². The quantitative estimate of drug-likeness (QED) is 0.683. The minimum Gasteiger partial charge on any atom is -0.323 e. The molecule has 1 fully saturated rings. The van der Waals surface area contributed by atoms with Crippen LogP contribution in [0.15, 0.2) is 30.3 Å². The van der Waals surface area contributed by atoms with Gasteiger partial charge in [0.1, 0.15) is 12.1 Å². The van der Waals surface area contributed by atoms with Gasteiger partial charge in [0.15, 0.2) is 0 Å². The zero-order chi connectivity index (χ0) is 18.4. The molecule has 1 atom stereocenters. The van der Waals surface area contributed by atoms with Crippen molar-refractivity contribution in [3.63, 3.8) is 0 Å². The summed E-state index contributed by atoms with van der Waals surface area (Å²) < 4.78 is 0. The van der Waals surface area contributed by atoms with E-state index in [0.29, 0.717) is 12.1 Å². The van der Waals surface area contributed by atoms with Gasteiger partial charge >= 0.3 is 12.1 Å². The summed E-state index contributed by atoms with van der Waals surface area (Å²) in [5, 5.41) is 7.21. The van der Waals surface area contributed by atoms with Crippen molar-refractivity contribution in [2.45, 2.75) is 38.6 Å². The van der Waals surface area contributed by atoms with E-state index in [1.165, 1.54) is 0 Å². The maximum atomic E-state index is 12.4. The van der Waals surface area contributed by atoms with E-state index < -0.39 is 36.0 Å². The molecule has 1 aliphatic rings. The van der Waals surface area contributed by atoms with Crippen molar-refractivity contribution in [2.75, 3.05) is 11.9 Å². The number of hydrogen-bond donors (Lipinski definition) is 3. The van der Waals surface area contributed by atoms with Gasteiger partial charge in [0, 0.05) is 5.69 Å². The van der Waals surface area contributed by atoms with Crippen LogP contribution >= 0.6 is 0 Å². The molecule has 8 nitrogen and oxygen atoms in total. The highest BCUT2D eigenvalue weighted by atomic mass is 16.2. The number of para-hydroxylation sites is 1. The molecule has 1 aliphatic heterocycles. The molecule has 1 aromatic carbocycles. The largest absolute Gasteiger partial charge is 0.325 e. The predicted octanol–water partition coefficient (Wildman–Crippen LogP) is 1.84. The van der Waals surface area contributed by atoms with Gasteiger partial charge < -0.3 is 10.6 Å². The van der Waals surface area contributed by atoms with Crippen LogP contribution in [0.2, 0.25) is 0 Å². The molecule has 8 heteroatoms. The molecule has 134 valence electrons. The molecule has 25 heavy (non-hydrogen) atoms. The van der Waals surface area contributed by atoms with Crippen LogP contribution in [0.5, 0.6) is 0 Å². The molecule has 0 aliphatic carbocycles. The maximum Gasteiger partial charge on any atom is 0.325 e. The minimum atomic E-state index is -1.00. The van der Waals surface area contributed by atoms with Crippen LogP contribution in [0, 0.1) is 0 Å². The van der Waals surface area contributed by atoms with E-state index in [1.807, 2.05) is 6.92 Å². The number of anilines is 1. The number of amides is 6. The summed E-state index contributed by atoms with van der Waals surface area (Å²) >= 11 is 0. The second-order valence-electron chi connectivity index (χ2n) is 6.13. The van der Waals surface area contributed by atoms with Crippen molar-refractivity contribution in [1.29, 1.82) is 0 Å². The average Bonchev–Trinajstić information content (AvgIpc) is 2.77. The summed E-state index contributed by atoms with van der Waals surface area (Å²) in [6.45, 7) is 3.12. The maximum absolute atomic E-state index is 12.4. The van der Waals surface area contributed by atoms with Crippen LogP contribution in [0.4, 0.5) is 15.3 Å². The van der Waals surface area contributed by atoms with Crippen LogP contribution in [-0.2, 0) is 9.59 Å². The summed E-state index contributed by atoms with van der Waals surface area (Å²) in [4.78, 5) is 49.0. The molecule has 2 rings (SSSR count). The van der Waals surface area contributed by atoms with Crippen LogP contribution in [0.1, 0.15) is 33.1 Å². The third-order valence-electron chi connectivity index (χ3n) is 3.96. The normalized spacial score (nSPS) is 19.5. The summed E-state index contributed by atoms with van der Waals surface area (Å²) in [5.74, 6) is -1.19. The fourth-order valence-corrected chi connectivity index (χ4v) is 2.58.